The van der Waals surface area contributed by atoms with Gasteiger partial charge in [-0.3, -0.25) is 19.3 Å². The number of carbonyl (C=O) groups excluding carboxylic acids is 2. The Morgan fingerprint density at radius 2 is 2.12 bits per heavy atom. The third-order valence-electron chi connectivity index (χ3n) is 4.79. The van der Waals surface area contributed by atoms with E-state index in [1.807, 2.05) is 4.90 Å². The molecule has 0 atom stereocenters. The predicted molar refractivity (Wildman–Crippen MR) is 90.4 cm³/mol. The number of carbonyl (C=O) groups is 2. The summed E-state index contributed by atoms with van der Waals surface area (Å²) in [5, 5.41) is 7.01. The molecule has 1 aromatic heterocycles. The van der Waals surface area contributed by atoms with Gasteiger partial charge in [0.15, 0.2) is 0 Å². The van der Waals surface area contributed by atoms with Gasteiger partial charge in [-0.05, 0) is 31.2 Å². The van der Waals surface area contributed by atoms with Crippen molar-refractivity contribution in [2.24, 2.45) is 10.9 Å². The number of nitrogens with zero attached hydrogens (tertiary/aromatic N) is 4. The number of hydrogen-bond acceptors (Lipinski definition) is 4. The van der Waals surface area contributed by atoms with E-state index in [9.17, 15) is 9.59 Å². The Bertz CT molecular complexity index is 627. The van der Waals surface area contributed by atoms with Crippen LogP contribution in [0.5, 0.6) is 0 Å². The van der Waals surface area contributed by atoms with Crippen LogP contribution in [0.4, 0.5) is 0 Å². The maximum absolute atomic E-state index is 12.4. The van der Waals surface area contributed by atoms with Crippen molar-refractivity contribution in [3.8, 4) is 0 Å². The lowest BCUT2D eigenvalue weighted by molar-refractivity contribution is -0.136. The monoisotopic (exact) mass is 331 g/mol. The number of amides is 2. The average Bonchev–Trinajstić information content (AvgIpc) is 3.15. The summed E-state index contributed by atoms with van der Waals surface area (Å²) in [4.78, 5) is 31.2. The summed E-state index contributed by atoms with van der Waals surface area (Å²) >= 11 is 0. The molecule has 0 bridgehead atoms. The van der Waals surface area contributed by atoms with Gasteiger partial charge in [0.2, 0.25) is 5.91 Å². The second kappa shape index (κ2) is 6.75. The van der Waals surface area contributed by atoms with Crippen LogP contribution in [-0.2, 0) is 16.1 Å². The van der Waals surface area contributed by atoms with Crippen molar-refractivity contribution in [1.82, 2.24) is 20.0 Å². The number of likely N-dealkylation sites (tertiary alicyclic amines) is 1. The molecule has 2 aliphatic rings. The molecule has 2 aliphatic heterocycles. The zero-order chi connectivity index (χ0) is 17.2. The number of amidine groups is 1. The minimum absolute atomic E-state index is 0.000399. The highest BCUT2D eigenvalue weighted by Gasteiger charge is 2.46. The Morgan fingerprint density at radius 1 is 1.38 bits per heavy atom. The third kappa shape index (κ3) is 3.49. The first-order valence-electron chi connectivity index (χ1n) is 8.64. The second-order valence-corrected chi connectivity index (χ2v) is 7.06. The fraction of sp³-hybridized carbons (Fsp3) is 0.647. The van der Waals surface area contributed by atoms with Gasteiger partial charge in [0.25, 0.3) is 5.91 Å². The normalized spacial score (nSPS) is 19.7. The Morgan fingerprint density at radius 3 is 2.75 bits per heavy atom. The highest BCUT2D eigenvalue weighted by Crippen LogP contribution is 2.30. The summed E-state index contributed by atoms with van der Waals surface area (Å²) in [6.45, 7) is 5.70. The molecule has 7 nitrogen and oxygen atoms in total. The standard InChI is InChI=1S/C17H25N5O2/c1-13(2)4-5-14-19-16(24)17(20-14)6-10-21(11-7-17)15(23)12-22-9-3-8-18-22/h3,8-9,13H,4-7,10-12H2,1-2H3,(H,19,20,24). The van der Waals surface area contributed by atoms with Crippen LogP contribution in [0.3, 0.4) is 0 Å². The molecular formula is C17H25N5O2. The fourth-order valence-corrected chi connectivity index (χ4v) is 3.23. The Labute approximate surface area is 142 Å². The van der Waals surface area contributed by atoms with Crippen LogP contribution in [0.1, 0.15) is 39.5 Å². The van der Waals surface area contributed by atoms with Gasteiger partial charge in [-0.1, -0.05) is 13.8 Å². The van der Waals surface area contributed by atoms with E-state index in [4.69, 9.17) is 4.99 Å². The molecule has 0 unspecified atom stereocenters. The topological polar surface area (TPSA) is 79.6 Å². The summed E-state index contributed by atoms with van der Waals surface area (Å²) in [5.74, 6) is 1.43. The minimum Gasteiger partial charge on any atom is -0.341 e. The number of nitrogens with one attached hydrogen (secondary N) is 1. The molecule has 2 amide bonds. The van der Waals surface area contributed by atoms with Crippen molar-refractivity contribution in [2.45, 2.75) is 51.6 Å². The minimum atomic E-state index is -0.658. The molecule has 1 fully saturated rings. The van der Waals surface area contributed by atoms with Gasteiger partial charge >= 0.3 is 0 Å². The maximum Gasteiger partial charge on any atom is 0.253 e. The molecule has 24 heavy (non-hydrogen) atoms. The molecule has 0 radical (unpaired) electrons. The lowest BCUT2D eigenvalue weighted by Gasteiger charge is -2.35. The molecule has 0 aliphatic carbocycles. The van der Waals surface area contributed by atoms with Crippen LogP contribution in [0.2, 0.25) is 0 Å². The van der Waals surface area contributed by atoms with Crippen LogP contribution in [0, 0.1) is 5.92 Å². The molecule has 0 saturated carbocycles. The Balaban J connectivity index is 1.57. The number of aromatic nitrogens is 2. The lowest BCUT2D eigenvalue weighted by atomic mass is 9.88. The first kappa shape index (κ1) is 16.7. The van der Waals surface area contributed by atoms with E-state index in [1.165, 1.54) is 0 Å². The number of rotatable bonds is 5. The van der Waals surface area contributed by atoms with E-state index in [0.717, 1.165) is 18.7 Å². The number of piperidine rings is 1. The zero-order valence-electron chi connectivity index (χ0n) is 14.4. The van der Waals surface area contributed by atoms with Gasteiger partial charge in [-0.25, -0.2) is 0 Å². The second-order valence-electron chi connectivity index (χ2n) is 7.06. The summed E-state index contributed by atoms with van der Waals surface area (Å²) in [5.41, 5.74) is -0.658. The van der Waals surface area contributed by atoms with Crippen molar-refractivity contribution in [3.05, 3.63) is 18.5 Å². The van der Waals surface area contributed by atoms with Crippen molar-refractivity contribution in [1.29, 1.82) is 0 Å². The van der Waals surface area contributed by atoms with E-state index >= 15 is 0 Å². The highest BCUT2D eigenvalue weighted by atomic mass is 16.2. The zero-order valence-corrected chi connectivity index (χ0v) is 14.4. The van der Waals surface area contributed by atoms with Crippen LogP contribution in [0.15, 0.2) is 23.5 Å². The van der Waals surface area contributed by atoms with Crippen molar-refractivity contribution >= 4 is 17.6 Å². The van der Waals surface area contributed by atoms with Crippen molar-refractivity contribution < 1.29 is 9.59 Å². The first-order chi connectivity index (χ1) is 11.5. The van der Waals surface area contributed by atoms with Crippen molar-refractivity contribution in [2.75, 3.05) is 13.1 Å². The molecule has 1 aromatic rings. The molecule has 1 spiro atoms. The first-order valence-corrected chi connectivity index (χ1v) is 8.64. The molecule has 1 N–H and O–H groups in total. The Hall–Kier alpha value is -2.18. The van der Waals surface area contributed by atoms with Gasteiger partial charge in [-0.2, -0.15) is 5.10 Å². The van der Waals surface area contributed by atoms with Crippen LogP contribution >= 0.6 is 0 Å². The molecule has 1 saturated heterocycles. The third-order valence-corrected chi connectivity index (χ3v) is 4.79. The number of hydrogen-bond donors (Lipinski definition) is 1. The predicted octanol–water partition coefficient (Wildman–Crippen LogP) is 1.21. The van der Waals surface area contributed by atoms with Gasteiger partial charge in [0, 0.05) is 31.9 Å². The Kier molecular flexibility index (Phi) is 4.69. The lowest BCUT2D eigenvalue weighted by Crippen LogP contribution is -2.51. The number of aliphatic imine (C=N–C) groups is 1. The molecule has 3 heterocycles. The van der Waals surface area contributed by atoms with Gasteiger partial charge in [-0.15, -0.1) is 0 Å². The van der Waals surface area contributed by atoms with Crippen LogP contribution in [0.25, 0.3) is 0 Å². The maximum atomic E-state index is 12.4. The van der Waals surface area contributed by atoms with E-state index in [0.29, 0.717) is 31.8 Å². The quantitative estimate of drug-likeness (QED) is 0.881. The fourth-order valence-electron chi connectivity index (χ4n) is 3.23. The molecule has 0 aromatic carbocycles. The van der Waals surface area contributed by atoms with E-state index in [1.54, 1.807) is 23.1 Å². The van der Waals surface area contributed by atoms with Crippen LogP contribution in [-0.4, -0.2) is 51.0 Å². The molecular weight excluding hydrogens is 306 g/mol. The van der Waals surface area contributed by atoms with Crippen molar-refractivity contribution in [3.63, 3.8) is 0 Å². The molecule has 130 valence electrons. The average molecular weight is 331 g/mol. The van der Waals surface area contributed by atoms with Gasteiger partial charge in [0.1, 0.15) is 17.9 Å². The summed E-state index contributed by atoms with van der Waals surface area (Å²) in [6.07, 6.45) is 6.45. The highest BCUT2D eigenvalue weighted by molar-refractivity contribution is 6.08. The van der Waals surface area contributed by atoms with Crippen LogP contribution < -0.4 is 5.32 Å². The smallest absolute Gasteiger partial charge is 0.253 e. The van der Waals surface area contributed by atoms with E-state index < -0.39 is 5.54 Å². The van der Waals surface area contributed by atoms with Gasteiger partial charge < -0.3 is 10.2 Å². The summed E-state index contributed by atoms with van der Waals surface area (Å²) in [7, 11) is 0. The molecule has 3 rings (SSSR count). The van der Waals surface area contributed by atoms with E-state index in [2.05, 4.69) is 24.3 Å². The van der Waals surface area contributed by atoms with E-state index in [-0.39, 0.29) is 18.4 Å². The van der Waals surface area contributed by atoms with Gasteiger partial charge in [0.05, 0.1) is 0 Å². The summed E-state index contributed by atoms with van der Waals surface area (Å²) in [6, 6.07) is 1.80. The summed E-state index contributed by atoms with van der Waals surface area (Å²) < 4.78 is 1.62. The largest absolute Gasteiger partial charge is 0.341 e. The molecule has 7 heteroatoms. The SMILES string of the molecule is CC(C)CCC1=NC2(CCN(C(=O)Cn3cccn3)CC2)C(=O)N1.